The summed E-state index contributed by atoms with van der Waals surface area (Å²) in [7, 11) is 0. The number of epoxide rings is 1. The van der Waals surface area contributed by atoms with E-state index in [1.54, 1.807) is 0 Å². The average Bonchev–Trinajstić information content (AvgIpc) is 3.19. The molecule has 3 heteroatoms. The Morgan fingerprint density at radius 2 is 1.57 bits per heavy atom. The van der Waals surface area contributed by atoms with Gasteiger partial charge in [-0.2, -0.15) is 0 Å². The largest absolute Gasteiger partial charge is 0.481 e. The van der Waals surface area contributed by atoms with Crippen molar-refractivity contribution in [2.24, 2.45) is 0 Å². The highest BCUT2D eigenvalue weighted by Gasteiger charge is 2.36. The fraction of sp³-hybridized carbons (Fsp3) is 0.833. The van der Waals surface area contributed by atoms with Crippen LogP contribution in [0.15, 0.2) is 12.2 Å². The summed E-state index contributed by atoms with van der Waals surface area (Å²) in [5.41, 5.74) is 0. The van der Waals surface area contributed by atoms with Crippen LogP contribution in [0, 0.1) is 0 Å². The minimum absolute atomic E-state index is 0.329. The standard InChI is InChI=1S/C18H32O3/c1-2-3-10-13-16-17(21-16)14-11-8-6-4-5-7-9-12-15-18(19)20/h3,10,16-17H,2,4-9,11-15H2,1H3,(H,19,20). The van der Waals surface area contributed by atoms with Crippen molar-refractivity contribution < 1.29 is 14.6 Å². The monoisotopic (exact) mass is 296 g/mol. The number of aliphatic carboxylic acids is 1. The summed E-state index contributed by atoms with van der Waals surface area (Å²) in [6.45, 7) is 2.16. The van der Waals surface area contributed by atoms with E-state index in [2.05, 4.69) is 19.1 Å². The first kappa shape index (κ1) is 18.2. The van der Waals surface area contributed by atoms with Gasteiger partial charge in [0.05, 0.1) is 12.2 Å². The van der Waals surface area contributed by atoms with Crippen LogP contribution in [0.4, 0.5) is 0 Å². The summed E-state index contributed by atoms with van der Waals surface area (Å²) in [6.07, 6.45) is 18.8. The van der Waals surface area contributed by atoms with Crippen LogP contribution in [0.5, 0.6) is 0 Å². The number of allylic oxidation sites excluding steroid dienone is 1. The summed E-state index contributed by atoms with van der Waals surface area (Å²) in [6, 6.07) is 0. The van der Waals surface area contributed by atoms with E-state index < -0.39 is 5.97 Å². The molecule has 1 heterocycles. The van der Waals surface area contributed by atoms with Crippen LogP contribution in [-0.2, 0) is 9.53 Å². The third-order valence-corrected chi connectivity index (χ3v) is 4.09. The summed E-state index contributed by atoms with van der Waals surface area (Å²) in [4.78, 5) is 10.3. The van der Waals surface area contributed by atoms with Crippen molar-refractivity contribution in [1.82, 2.24) is 0 Å². The SMILES string of the molecule is CCC=CCC1OC1CCCCCCCCCCC(=O)O. The molecule has 2 atom stereocenters. The van der Waals surface area contributed by atoms with E-state index in [0.29, 0.717) is 18.6 Å². The topological polar surface area (TPSA) is 49.8 Å². The van der Waals surface area contributed by atoms with E-state index in [4.69, 9.17) is 9.84 Å². The van der Waals surface area contributed by atoms with Gasteiger partial charge in [-0.05, 0) is 25.7 Å². The van der Waals surface area contributed by atoms with Crippen molar-refractivity contribution in [3.05, 3.63) is 12.2 Å². The number of carbonyl (C=O) groups is 1. The van der Waals surface area contributed by atoms with Gasteiger partial charge in [0.25, 0.3) is 0 Å². The van der Waals surface area contributed by atoms with Gasteiger partial charge in [-0.3, -0.25) is 4.79 Å². The molecule has 0 bridgehead atoms. The molecule has 0 aliphatic carbocycles. The molecule has 1 aliphatic heterocycles. The molecule has 0 aromatic carbocycles. The molecule has 122 valence electrons. The minimum atomic E-state index is -0.666. The lowest BCUT2D eigenvalue weighted by Gasteiger charge is -2.01. The molecule has 0 saturated carbocycles. The third kappa shape index (κ3) is 10.5. The van der Waals surface area contributed by atoms with Crippen molar-refractivity contribution >= 4 is 5.97 Å². The maximum absolute atomic E-state index is 10.3. The highest BCUT2D eigenvalue weighted by atomic mass is 16.6. The molecule has 0 aromatic heterocycles. The molecule has 1 N–H and O–H groups in total. The van der Waals surface area contributed by atoms with Gasteiger partial charge in [0, 0.05) is 6.42 Å². The van der Waals surface area contributed by atoms with Crippen molar-refractivity contribution in [1.29, 1.82) is 0 Å². The second kappa shape index (κ2) is 11.8. The number of hydrogen-bond donors (Lipinski definition) is 1. The second-order valence-corrected chi connectivity index (χ2v) is 6.09. The number of rotatable bonds is 14. The summed E-state index contributed by atoms with van der Waals surface area (Å²) >= 11 is 0. The Kier molecular flexibility index (Phi) is 10.2. The van der Waals surface area contributed by atoms with Gasteiger partial charge in [-0.15, -0.1) is 0 Å². The van der Waals surface area contributed by atoms with Crippen LogP contribution in [0.25, 0.3) is 0 Å². The maximum atomic E-state index is 10.3. The smallest absolute Gasteiger partial charge is 0.303 e. The Hall–Kier alpha value is -0.830. The van der Waals surface area contributed by atoms with Crippen molar-refractivity contribution in [3.8, 4) is 0 Å². The van der Waals surface area contributed by atoms with Crippen LogP contribution in [0.1, 0.15) is 84.0 Å². The van der Waals surface area contributed by atoms with E-state index in [1.165, 1.54) is 44.9 Å². The lowest BCUT2D eigenvalue weighted by Crippen LogP contribution is -1.94. The van der Waals surface area contributed by atoms with Gasteiger partial charge in [0.1, 0.15) is 0 Å². The molecule has 2 unspecified atom stereocenters. The van der Waals surface area contributed by atoms with E-state index in [0.717, 1.165) is 25.7 Å². The highest BCUT2D eigenvalue weighted by Crippen LogP contribution is 2.30. The Morgan fingerprint density at radius 1 is 0.952 bits per heavy atom. The van der Waals surface area contributed by atoms with Crippen LogP contribution in [0.3, 0.4) is 0 Å². The van der Waals surface area contributed by atoms with Crippen LogP contribution in [0.2, 0.25) is 0 Å². The molecule has 1 fully saturated rings. The lowest BCUT2D eigenvalue weighted by atomic mass is 10.0. The predicted octanol–water partition coefficient (Wildman–Crippen LogP) is 5.10. The molecule has 21 heavy (non-hydrogen) atoms. The van der Waals surface area contributed by atoms with Crippen molar-refractivity contribution in [2.75, 3.05) is 0 Å². The summed E-state index contributed by atoms with van der Waals surface area (Å²) in [5.74, 6) is -0.666. The highest BCUT2D eigenvalue weighted by molar-refractivity contribution is 5.66. The number of hydrogen-bond acceptors (Lipinski definition) is 2. The van der Waals surface area contributed by atoms with Crippen molar-refractivity contribution in [3.63, 3.8) is 0 Å². The number of carboxylic acid groups (broad SMARTS) is 1. The first-order chi connectivity index (χ1) is 10.2. The first-order valence-electron chi connectivity index (χ1n) is 8.76. The number of carboxylic acids is 1. The second-order valence-electron chi connectivity index (χ2n) is 6.09. The van der Waals surface area contributed by atoms with Crippen LogP contribution < -0.4 is 0 Å². The summed E-state index contributed by atoms with van der Waals surface area (Å²) < 4.78 is 5.66. The fourth-order valence-corrected chi connectivity index (χ4v) is 2.72. The zero-order chi connectivity index (χ0) is 15.3. The first-order valence-corrected chi connectivity index (χ1v) is 8.76. The zero-order valence-electron chi connectivity index (χ0n) is 13.6. The van der Waals surface area contributed by atoms with Crippen molar-refractivity contribution in [2.45, 2.75) is 96.2 Å². The van der Waals surface area contributed by atoms with Gasteiger partial charge >= 0.3 is 5.97 Å². The molecule has 3 nitrogen and oxygen atoms in total. The van der Waals surface area contributed by atoms with E-state index >= 15 is 0 Å². The zero-order valence-corrected chi connectivity index (χ0v) is 13.6. The molecule has 0 aromatic rings. The van der Waals surface area contributed by atoms with Crippen LogP contribution in [-0.4, -0.2) is 23.3 Å². The number of ether oxygens (including phenoxy) is 1. The average molecular weight is 296 g/mol. The maximum Gasteiger partial charge on any atom is 0.303 e. The number of unbranched alkanes of at least 4 members (excludes halogenated alkanes) is 7. The quantitative estimate of drug-likeness (QED) is 0.276. The third-order valence-electron chi connectivity index (χ3n) is 4.09. The summed E-state index contributed by atoms with van der Waals surface area (Å²) in [5, 5.41) is 8.53. The minimum Gasteiger partial charge on any atom is -0.481 e. The molecular weight excluding hydrogens is 264 g/mol. The Bertz CT molecular complexity index is 299. The lowest BCUT2D eigenvalue weighted by molar-refractivity contribution is -0.137. The fourth-order valence-electron chi connectivity index (χ4n) is 2.72. The molecule has 0 radical (unpaired) electrons. The Morgan fingerprint density at radius 3 is 2.19 bits per heavy atom. The molecule has 0 amide bonds. The molecule has 1 rings (SSSR count). The Labute approximate surface area is 129 Å². The molecule has 1 aliphatic rings. The normalized spacial score (nSPS) is 21.0. The van der Waals surface area contributed by atoms with Crippen LogP contribution >= 0.6 is 0 Å². The molecule has 0 spiro atoms. The Balaban J connectivity index is 1.76. The van der Waals surface area contributed by atoms with Gasteiger partial charge in [-0.25, -0.2) is 0 Å². The predicted molar refractivity (Wildman–Crippen MR) is 86.5 cm³/mol. The molecule has 1 saturated heterocycles. The molecular formula is C18H32O3. The van der Waals surface area contributed by atoms with Gasteiger partial charge in [0.15, 0.2) is 0 Å². The van der Waals surface area contributed by atoms with E-state index in [1.807, 2.05) is 0 Å². The van der Waals surface area contributed by atoms with Gasteiger partial charge < -0.3 is 9.84 Å². The van der Waals surface area contributed by atoms with E-state index in [-0.39, 0.29) is 0 Å². The van der Waals surface area contributed by atoms with Gasteiger partial charge in [-0.1, -0.05) is 64.0 Å². The van der Waals surface area contributed by atoms with Gasteiger partial charge in [0.2, 0.25) is 0 Å². The van der Waals surface area contributed by atoms with E-state index in [9.17, 15) is 4.79 Å².